The Morgan fingerprint density at radius 3 is 3.12 bits per heavy atom. The van der Waals surface area contributed by atoms with Crippen molar-refractivity contribution in [2.24, 2.45) is 0 Å². The molecule has 2 heterocycles. The number of rotatable bonds is 2. The maximum absolute atomic E-state index is 11.7. The number of carbonyl (C=O) groups is 1. The van der Waals surface area contributed by atoms with Gasteiger partial charge in [0, 0.05) is 12.3 Å². The van der Waals surface area contributed by atoms with Crippen molar-refractivity contribution in [3.8, 4) is 0 Å². The molecule has 0 aliphatic rings. The number of hydrogen-bond donors (Lipinski definition) is 1. The lowest BCUT2D eigenvalue weighted by molar-refractivity contribution is 0.0519. The summed E-state index contributed by atoms with van der Waals surface area (Å²) in [7, 11) is 0. The summed E-state index contributed by atoms with van der Waals surface area (Å²) >= 11 is 5.74. The van der Waals surface area contributed by atoms with Crippen molar-refractivity contribution in [2.75, 3.05) is 6.61 Å². The van der Waals surface area contributed by atoms with Crippen LogP contribution in [0.25, 0.3) is 5.65 Å². The largest absolute Gasteiger partial charge is 0.461 e. The molecule has 6 nitrogen and oxygen atoms in total. The summed E-state index contributed by atoms with van der Waals surface area (Å²) in [5.41, 5.74) is -0.370. The minimum absolute atomic E-state index is 0.159. The van der Waals surface area contributed by atoms with Crippen LogP contribution in [0, 0.1) is 0 Å². The molecule has 2 aromatic heterocycles. The molecule has 2 aromatic rings. The standard InChI is InChI=1S/C9H8ClN3O3/c1-2-16-9(15)7-6(10)8(14)13-5(12-7)3-4-11-13/h3-4,11H,2H2,1H3. The first-order chi connectivity index (χ1) is 7.65. The molecule has 0 radical (unpaired) electrons. The highest BCUT2D eigenvalue weighted by Gasteiger charge is 2.18. The van der Waals surface area contributed by atoms with Crippen LogP contribution < -0.4 is 5.56 Å². The summed E-state index contributed by atoms with van der Waals surface area (Å²) in [6, 6.07) is 1.56. The topological polar surface area (TPSA) is 76.5 Å². The molecule has 0 atom stereocenters. The van der Waals surface area contributed by atoms with Crippen LogP contribution in [0.5, 0.6) is 0 Å². The number of nitrogens with one attached hydrogen (secondary N) is 1. The summed E-state index contributed by atoms with van der Waals surface area (Å²) in [5, 5.41) is 2.38. The fourth-order valence-electron chi connectivity index (χ4n) is 1.27. The van der Waals surface area contributed by atoms with Gasteiger partial charge in [0.1, 0.15) is 5.02 Å². The van der Waals surface area contributed by atoms with E-state index >= 15 is 0 Å². The number of hydrogen-bond acceptors (Lipinski definition) is 4. The first-order valence-corrected chi connectivity index (χ1v) is 4.95. The van der Waals surface area contributed by atoms with E-state index in [1.54, 1.807) is 13.0 Å². The highest BCUT2D eigenvalue weighted by Crippen LogP contribution is 2.10. The number of halogens is 1. The molecule has 2 rings (SSSR count). The van der Waals surface area contributed by atoms with Crippen molar-refractivity contribution in [1.29, 1.82) is 0 Å². The van der Waals surface area contributed by atoms with Gasteiger partial charge in [-0.05, 0) is 6.92 Å². The van der Waals surface area contributed by atoms with Crippen molar-refractivity contribution in [3.63, 3.8) is 0 Å². The molecule has 1 N–H and O–H groups in total. The summed E-state index contributed by atoms with van der Waals surface area (Å²) in [5.74, 6) is -0.701. The molecule has 0 saturated carbocycles. The Balaban J connectivity index is 2.66. The Kier molecular flexibility index (Phi) is 2.66. The minimum Gasteiger partial charge on any atom is -0.461 e. The van der Waals surface area contributed by atoms with Crippen LogP contribution in [-0.2, 0) is 4.74 Å². The van der Waals surface area contributed by atoms with E-state index in [1.807, 2.05) is 0 Å². The predicted octanol–water partition coefficient (Wildman–Crippen LogP) is 0.853. The van der Waals surface area contributed by atoms with E-state index in [-0.39, 0.29) is 17.3 Å². The number of ether oxygens (including phenoxy) is 1. The molecule has 84 valence electrons. The van der Waals surface area contributed by atoms with Crippen molar-refractivity contribution in [3.05, 3.63) is 33.3 Å². The Hall–Kier alpha value is -1.82. The molecule has 0 amide bonds. The van der Waals surface area contributed by atoms with Gasteiger partial charge in [0.05, 0.1) is 6.61 Å². The SMILES string of the molecule is CCOC(=O)c1nc2cc[nH]n2c(=O)c1Cl. The second-order valence-corrected chi connectivity index (χ2v) is 3.33. The molecule has 0 aliphatic carbocycles. The molecular formula is C9H8ClN3O3. The molecule has 0 saturated heterocycles. The van der Waals surface area contributed by atoms with E-state index in [2.05, 4.69) is 10.1 Å². The van der Waals surface area contributed by atoms with Gasteiger partial charge in [-0.2, -0.15) is 0 Å². The summed E-state index contributed by atoms with van der Waals surface area (Å²) in [6.45, 7) is 1.86. The normalized spacial score (nSPS) is 10.6. The zero-order valence-electron chi connectivity index (χ0n) is 8.36. The van der Waals surface area contributed by atoms with E-state index in [0.717, 1.165) is 4.52 Å². The first-order valence-electron chi connectivity index (χ1n) is 4.58. The average Bonchev–Trinajstić information content (AvgIpc) is 2.71. The lowest BCUT2D eigenvalue weighted by Gasteiger charge is -2.03. The van der Waals surface area contributed by atoms with E-state index in [0.29, 0.717) is 5.65 Å². The fourth-order valence-corrected chi connectivity index (χ4v) is 1.48. The number of fused-ring (bicyclic) bond motifs is 1. The van der Waals surface area contributed by atoms with Gasteiger partial charge < -0.3 is 4.74 Å². The van der Waals surface area contributed by atoms with Crippen LogP contribution in [0.15, 0.2) is 17.1 Å². The monoisotopic (exact) mass is 241 g/mol. The quantitative estimate of drug-likeness (QED) is 0.791. The second-order valence-electron chi connectivity index (χ2n) is 2.96. The Morgan fingerprint density at radius 1 is 1.69 bits per heavy atom. The van der Waals surface area contributed by atoms with Gasteiger partial charge in [-0.25, -0.2) is 14.3 Å². The maximum Gasteiger partial charge on any atom is 0.358 e. The molecule has 0 aliphatic heterocycles. The van der Waals surface area contributed by atoms with Crippen LogP contribution in [0.4, 0.5) is 0 Å². The van der Waals surface area contributed by atoms with E-state index in [9.17, 15) is 9.59 Å². The smallest absolute Gasteiger partial charge is 0.358 e. The number of aromatic amines is 1. The summed E-state index contributed by atoms with van der Waals surface area (Å²) in [6.07, 6.45) is 1.52. The third kappa shape index (κ3) is 1.57. The van der Waals surface area contributed by atoms with Crippen LogP contribution in [-0.4, -0.2) is 27.2 Å². The van der Waals surface area contributed by atoms with Gasteiger partial charge in [-0.15, -0.1) is 0 Å². The Labute approximate surface area is 94.8 Å². The number of nitrogens with zero attached hydrogens (tertiary/aromatic N) is 2. The van der Waals surface area contributed by atoms with Gasteiger partial charge in [-0.1, -0.05) is 11.6 Å². The molecule has 0 aromatic carbocycles. The fraction of sp³-hybridized carbons (Fsp3) is 0.222. The molecule has 16 heavy (non-hydrogen) atoms. The van der Waals surface area contributed by atoms with Crippen LogP contribution in [0.1, 0.15) is 17.4 Å². The van der Waals surface area contributed by atoms with E-state index in [1.165, 1.54) is 6.20 Å². The minimum atomic E-state index is -0.701. The van der Waals surface area contributed by atoms with Gasteiger partial charge >= 0.3 is 5.97 Å². The Morgan fingerprint density at radius 2 is 2.44 bits per heavy atom. The van der Waals surface area contributed by atoms with Crippen LogP contribution in [0.2, 0.25) is 5.02 Å². The van der Waals surface area contributed by atoms with Crippen LogP contribution >= 0.6 is 11.6 Å². The average molecular weight is 242 g/mol. The lowest BCUT2D eigenvalue weighted by atomic mass is 10.4. The zero-order chi connectivity index (χ0) is 11.7. The third-order valence-corrected chi connectivity index (χ3v) is 2.30. The molecular weight excluding hydrogens is 234 g/mol. The maximum atomic E-state index is 11.7. The van der Waals surface area contributed by atoms with Gasteiger partial charge in [0.2, 0.25) is 0 Å². The highest BCUT2D eigenvalue weighted by atomic mass is 35.5. The van der Waals surface area contributed by atoms with Gasteiger partial charge in [0.25, 0.3) is 5.56 Å². The molecule has 0 fully saturated rings. The molecule has 0 bridgehead atoms. The van der Waals surface area contributed by atoms with Crippen molar-refractivity contribution in [2.45, 2.75) is 6.92 Å². The number of H-pyrrole nitrogens is 1. The lowest BCUT2D eigenvalue weighted by Crippen LogP contribution is -2.21. The number of aromatic nitrogens is 3. The number of carbonyl (C=O) groups excluding carboxylic acids is 1. The van der Waals surface area contributed by atoms with Crippen molar-refractivity contribution >= 4 is 23.2 Å². The second kappa shape index (κ2) is 3.97. The van der Waals surface area contributed by atoms with Crippen molar-refractivity contribution in [1.82, 2.24) is 14.6 Å². The van der Waals surface area contributed by atoms with E-state index < -0.39 is 11.5 Å². The first kappa shape index (κ1) is 10.7. The van der Waals surface area contributed by atoms with Crippen molar-refractivity contribution < 1.29 is 9.53 Å². The molecule has 0 spiro atoms. The summed E-state index contributed by atoms with van der Waals surface area (Å²) < 4.78 is 5.89. The number of esters is 1. The zero-order valence-corrected chi connectivity index (χ0v) is 9.11. The summed E-state index contributed by atoms with van der Waals surface area (Å²) in [4.78, 5) is 27.1. The molecule has 0 unspecified atom stereocenters. The van der Waals surface area contributed by atoms with E-state index in [4.69, 9.17) is 16.3 Å². The third-order valence-electron chi connectivity index (χ3n) is 1.96. The van der Waals surface area contributed by atoms with Crippen LogP contribution in [0.3, 0.4) is 0 Å². The van der Waals surface area contributed by atoms with Gasteiger partial charge in [-0.3, -0.25) is 9.89 Å². The predicted molar refractivity (Wildman–Crippen MR) is 56.8 cm³/mol. The van der Waals surface area contributed by atoms with Gasteiger partial charge in [0.15, 0.2) is 11.3 Å². The molecule has 7 heteroatoms. The highest BCUT2D eigenvalue weighted by molar-refractivity contribution is 6.33. The Bertz CT molecular complexity index is 602.